The van der Waals surface area contributed by atoms with Crippen molar-refractivity contribution in [2.24, 2.45) is 34.5 Å². The lowest BCUT2D eigenvalue weighted by Crippen LogP contribution is -2.30. The number of hydrogen-bond donors (Lipinski definition) is 0. The van der Waals surface area contributed by atoms with Crippen molar-refractivity contribution >= 4 is 5.69 Å². The van der Waals surface area contributed by atoms with E-state index in [1.807, 2.05) is 0 Å². The zero-order valence-corrected chi connectivity index (χ0v) is 26.8. The fourth-order valence-corrected chi connectivity index (χ4v) is 9.83. The van der Waals surface area contributed by atoms with Crippen LogP contribution < -0.4 is 4.90 Å². The number of anilines is 1. The molecule has 3 unspecified atom stereocenters. The van der Waals surface area contributed by atoms with Crippen molar-refractivity contribution in [2.45, 2.75) is 111 Å². The monoisotopic (exact) mass is 559 g/mol. The molecule has 2 saturated carbocycles. The molecule has 0 aromatic heterocycles. The van der Waals surface area contributed by atoms with E-state index in [0.29, 0.717) is 11.8 Å². The number of allylic oxidation sites excluding steroid dienone is 11. The van der Waals surface area contributed by atoms with Gasteiger partial charge >= 0.3 is 0 Å². The number of benzene rings is 1. The highest BCUT2D eigenvalue weighted by molar-refractivity contribution is 5.66. The molecule has 6 aliphatic rings. The van der Waals surface area contributed by atoms with Gasteiger partial charge in [0, 0.05) is 33.8 Å². The molecule has 0 saturated heterocycles. The minimum atomic E-state index is 0.0644. The lowest BCUT2D eigenvalue weighted by Gasteiger charge is -2.40. The highest BCUT2D eigenvalue weighted by Gasteiger charge is 2.52. The van der Waals surface area contributed by atoms with E-state index < -0.39 is 0 Å². The summed E-state index contributed by atoms with van der Waals surface area (Å²) in [5, 5.41) is 0. The zero-order chi connectivity index (χ0) is 28.9. The van der Waals surface area contributed by atoms with Crippen LogP contribution >= 0.6 is 0 Å². The molecule has 2 fully saturated rings. The van der Waals surface area contributed by atoms with Crippen molar-refractivity contribution in [3.05, 3.63) is 100 Å². The molecule has 1 heteroatoms. The van der Waals surface area contributed by atoms with E-state index in [1.54, 1.807) is 22.3 Å². The Morgan fingerprint density at radius 2 is 1.52 bits per heavy atom. The van der Waals surface area contributed by atoms with Crippen molar-refractivity contribution in [2.75, 3.05) is 4.90 Å². The quantitative estimate of drug-likeness (QED) is 0.347. The van der Waals surface area contributed by atoms with Gasteiger partial charge in [-0.05, 0) is 104 Å². The first kappa shape index (κ1) is 28.2. The fourth-order valence-electron chi connectivity index (χ4n) is 9.83. The smallest absolute Gasteiger partial charge is 0.0458 e. The third-order valence-corrected chi connectivity index (χ3v) is 12.3. The predicted molar refractivity (Wildman–Crippen MR) is 179 cm³/mol. The molecule has 0 radical (unpaired) electrons. The molecule has 0 heterocycles. The van der Waals surface area contributed by atoms with Gasteiger partial charge in [0.15, 0.2) is 0 Å². The summed E-state index contributed by atoms with van der Waals surface area (Å²) in [7, 11) is 0. The third-order valence-electron chi connectivity index (χ3n) is 12.3. The minimum Gasteiger partial charge on any atom is -0.314 e. The molecule has 1 nitrogen and oxygen atoms in total. The van der Waals surface area contributed by atoms with E-state index in [2.05, 4.69) is 99.4 Å². The normalized spacial score (nSPS) is 31.5. The molecule has 1 aromatic rings. The Labute approximate surface area is 256 Å². The van der Waals surface area contributed by atoms with E-state index in [0.717, 1.165) is 18.3 Å². The standard InChI is InChI=1S/C41H53N/c1-29-26-37-36(40(2,3)39-27-33(24-25-41(37,39)4)31-16-10-6-11-17-31)28-38(29)42(34-18-12-7-13-19-34)35-22-20-32(21-23-35)30-14-8-5-9-15-30/h7,12-13,18-20,22-24,27-32H,5-6,8-11,14-17,21,25-26H2,1-4H3. The van der Waals surface area contributed by atoms with Gasteiger partial charge in [0.05, 0.1) is 0 Å². The van der Waals surface area contributed by atoms with Gasteiger partial charge < -0.3 is 4.90 Å². The molecule has 0 aliphatic heterocycles. The van der Waals surface area contributed by atoms with Crippen LogP contribution in [-0.2, 0) is 0 Å². The summed E-state index contributed by atoms with van der Waals surface area (Å²) in [5.74, 6) is 2.85. The van der Waals surface area contributed by atoms with E-state index in [4.69, 9.17) is 0 Å². The summed E-state index contributed by atoms with van der Waals surface area (Å²) in [4.78, 5) is 2.61. The Bertz CT molecular complexity index is 1360. The molecule has 1 aromatic carbocycles. The van der Waals surface area contributed by atoms with Gasteiger partial charge in [-0.25, -0.2) is 0 Å². The Hall–Kier alpha value is -2.54. The number of nitrogens with zero attached hydrogens (tertiary/aromatic N) is 1. The van der Waals surface area contributed by atoms with Gasteiger partial charge in [0.1, 0.15) is 0 Å². The van der Waals surface area contributed by atoms with Gasteiger partial charge in [-0.3, -0.25) is 0 Å². The van der Waals surface area contributed by atoms with Crippen LogP contribution in [0.15, 0.2) is 100 Å². The van der Waals surface area contributed by atoms with E-state index in [1.165, 1.54) is 94.1 Å². The first-order valence-corrected chi connectivity index (χ1v) is 17.5. The Morgan fingerprint density at radius 3 is 2.21 bits per heavy atom. The van der Waals surface area contributed by atoms with Crippen molar-refractivity contribution < 1.29 is 0 Å². The van der Waals surface area contributed by atoms with E-state index in [-0.39, 0.29) is 10.8 Å². The lowest BCUT2D eigenvalue weighted by atomic mass is 9.65. The van der Waals surface area contributed by atoms with Crippen molar-refractivity contribution in [3.63, 3.8) is 0 Å². The summed E-state index contributed by atoms with van der Waals surface area (Å²) in [5.41, 5.74) is 11.0. The van der Waals surface area contributed by atoms with Crippen molar-refractivity contribution in [1.29, 1.82) is 0 Å². The molecule has 42 heavy (non-hydrogen) atoms. The number of rotatable bonds is 5. The molecule has 0 bridgehead atoms. The molecule has 0 N–H and O–H groups in total. The summed E-state index contributed by atoms with van der Waals surface area (Å²) < 4.78 is 0. The topological polar surface area (TPSA) is 3.24 Å². The van der Waals surface area contributed by atoms with Crippen LogP contribution in [0.5, 0.6) is 0 Å². The summed E-state index contributed by atoms with van der Waals surface area (Å²) in [6.07, 6.45) is 33.2. The molecule has 0 spiro atoms. The Kier molecular flexibility index (Phi) is 7.52. The first-order chi connectivity index (χ1) is 20.4. The second-order valence-corrected chi connectivity index (χ2v) is 15.3. The van der Waals surface area contributed by atoms with Crippen LogP contribution in [0.1, 0.15) is 111 Å². The van der Waals surface area contributed by atoms with Crippen LogP contribution in [0, 0.1) is 34.5 Å². The number of fused-ring (bicyclic) bond motifs is 2. The van der Waals surface area contributed by atoms with Crippen LogP contribution in [-0.4, -0.2) is 0 Å². The Morgan fingerprint density at radius 1 is 0.810 bits per heavy atom. The minimum absolute atomic E-state index is 0.0644. The molecular formula is C41H53N. The molecule has 3 atom stereocenters. The first-order valence-electron chi connectivity index (χ1n) is 17.5. The fraction of sp³-hybridized carbons (Fsp3) is 0.561. The van der Waals surface area contributed by atoms with Crippen LogP contribution in [0.2, 0.25) is 0 Å². The molecule has 6 aliphatic carbocycles. The average Bonchev–Trinajstić information content (AvgIpc) is 3.20. The maximum atomic E-state index is 2.68. The summed E-state index contributed by atoms with van der Waals surface area (Å²) >= 11 is 0. The maximum absolute atomic E-state index is 2.68. The van der Waals surface area contributed by atoms with Crippen LogP contribution in [0.4, 0.5) is 5.69 Å². The summed E-state index contributed by atoms with van der Waals surface area (Å²) in [6.45, 7) is 10.1. The maximum Gasteiger partial charge on any atom is 0.0458 e. The van der Waals surface area contributed by atoms with Gasteiger partial charge in [-0.15, -0.1) is 0 Å². The van der Waals surface area contributed by atoms with E-state index >= 15 is 0 Å². The molecule has 7 rings (SSSR count). The highest BCUT2D eigenvalue weighted by Crippen LogP contribution is 2.64. The van der Waals surface area contributed by atoms with Crippen molar-refractivity contribution in [3.8, 4) is 0 Å². The van der Waals surface area contributed by atoms with Crippen molar-refractivity contribution in [1.82, 2.24) is 0 Å². The largest absolute Gasteiger partial charge is 0.314 e. The predicted octanol–water partition coefficient (Wildman–Crippen LogP) is 11.6. The average molecular weight is 560 g/mol. The molecular weight excluding hydrogens is 506 g/mol. The Balaban J connectivity index is 1.24. The van der Waals surface area contributed by atoms with Crippen LogP contribution in [0.25, 0.3) is 0 Å². The molecule has 222 valence electrons. The third kappa shape index (κ3) is 4.84. The SMILES string of the molecule is CC1CC2=C(C=C1N(C1=CCC(C3CCCCC3)C=C1)c1ccccc1)C(C)(C)C1=CC(C3CCCCC3)=CCC12C. The molecule has 0 amide bonds. The van der Waals surface area contributed by atoms with Gasteiger partial charge in [0.25, 0.3) is 0 Å². The lowest BCUT2D eigenvalue weighted by molar-refractivity contribution is 0.285. The van der Waals surface area contributed by atoms with Crippen LogP contribution in [0.3, 0.4) is 0 Å². The van der Waals surface area contributed by atoms with E-state index in [9.17, 15) is 0 Å². The van der Waals surface area contributed by atoms with Gasteiger partial charge in [0.2, 0.25) is 0 Å². The number of hydrogen-bond acceptors (Lipinski definition) is 1. The number of para-hydroxylation sites is 1. The second kappa shape index (κ2) is 11.2. The summed E-state index contributed by atoms with van der Waals surface area (Å²) in [6, 6.07) is 11.2. The second-order valence-electron chi connectivity index (χ2n) is 15.3. The zero-order valence-electron chi connectivity index (χ0n) is 26.8. The highest BCUT2D eigenvalue weighted by atomic mass is 15.2. The van der Waals surface area contributed by atoms with Gasteiger partial charge in [-0.1, -0.05) is 114 Å². The van der Waals surface area contributed by atoms with Gasteiger partial charge in [-0.2, -0.15) is 0 Å².